The second kappa shape index (κ2) is 7.07. The minimum absolute atomic E-state index is 0.113. The molecule has 0 bridgehead atoms. The number of carbonyl (C=O) groups is 1. The highest BCUT2D eigenvalue weighted by Crippen LogP contribution is 2.42. The van der Waals surface area contributed by atoms with Gasteiger partial charge in [0.05, 0.1) is 12.3 Å². The van der Waals surface area contributed by atoms with E-state index in [1.165, 1.54) is 42.5 Å². The molecule has 1 unspecified atom stereocenters. The Kier molecular flexibility index (Phi) is 4.84. The number of ether oxygens (including phenoxy) is 1. The van der Waals surface area contributed by atoms with Gasteiger partial charge in [-0.25, -0.2) is 13.2 Å². The van der Waals surface area contributed by atoms with E-state index in [1.807, 2.05) is 0 Å². The first kappa shape index (κ1) is 17.8. The van der Waals surface area contributed by atoms with Crippen LogP contribution in [0.2, 0.25) is 0 Å². The van der Waals surface area contributed by atoms with Crippen LogP contribution in [0.1, 0.15) is 17.0 Å². The molecule has 3 nitrogen and oxygen atoms in total. The van der Waals surface area contributed by atoms with Gasteiger partial charge < -0.3 is 9.84 Å². The summed E-state index contributed by atoms with van der Waals surface area (Å²) in [5, 5.41) is 8.76. The molecule has 26 heavy (non-hydrogen) atoms. The van der Waals surface area contributed by atoms with Crippen LogP contribution in [0.25, 0.3) is 0 Å². The Morgan fingerprint density at radius 2 is 1.88 bits per heavy atom. The third-order valence-electron chi connectivity index (χ3n) is 3.97. The minimum Gasteiger partial charge on any atom is -0.481 e. The van der Waals surface area contributed by atoms with Gasteiger partial charge in [0.2, 0.25) is 0 Å². The van der Waals surface area contributed by atoms with Crippen molar-refractivity contribution >= 4 is 5.97 Å². The number of allylic oxidation sites excluding steroid dienone is 4. The van der Waals surface area contributed by atoms with Gasteiger partial charge in [0.15, 0.2) is 11.6 Å². The van der Waals surface area contributed by atoms with Crippen molar-refractivity contribution in [3.8, 4) is 11.5 Å². The van der Waals surface area contributed by atoms with E-state index in [0.29, 0.717) is 0 Å². The van der Waals surface area contributed by atoms with Crippen LogP contribution in [0.15, 0.2) is 66.8 Å². The number of hydrogen-bond donors (Lipinski definition) is 1. The van der Waals surface area contributed by atoms with Crippen molar-refractivity contribution in [3.63, 3.8) is 0 Å². The van der Waals surface area contributed by atoms with Crippen LogP contribution in [-0.2, 0) is 11.2 Å². The number of aliphatic carboxylic acids is 1. The van der Waals surface area contributed by atoms with Crippen LogP contribution >= 0.6 is 0 Å². The van der Waals surface area contributed by atoms with Crippen molar-refractivity contribution in [2.24, 2.45) is 0 Å². The Bertz CT molecular complexity index is 888. The van der Waals surface area contributed by atoms with Crippen LogP contribution in [-0.4, -0.2) is 17.0 Å². The molecule has 0 saturated heterocycles. The molecule has 0 fully saturated rings. The molecule has 3 rings (SSSR count). The number of halogens is 3. The van der Waals surface area contributed by atoms with Crippen LogP contribution < -0.4 is 4.74 Å². The van der Waals surface area contributed by atoms with Crippen LogP contribution in [0.5, 0.6) is 11.5 Å². The lowest BCUT2D eigenvalue weighted by atomic mass is 9.88. The molecule has 0 aromatic heterocycles. The predicted octanol–water partition coefficient (Wildman–Crippen LogP) is 5.09. The SMILES string of the molecule is O=C(O)Cc1ccc(Oc2ccccc2C2C=CC=CC2(F)F)c(F)c1. The van der Waals surface area contributed by atoms with Gasteiger partial charge in [0.25, 0.3) is 5.92 Å². The molecule has 0 saturated carbocycles. The highest BCUT2D eigenvalue weighted by Gasteiger charge is 2.39. The molecule has 0 spiro atoms. The average molecular weight is 360 g/mol. The smallest absolute Gasteiger partial charge is 0.307 e. The maximum absolute atomic E-state index is 14.2. The molecule has 6 heteroatoms. The molecule has 2 aromatic rings. The minimum atomic E-state index is -3.09. The molecular weight excluding hydrogens is 345 g/mol. The molecule has 1 N–H and O–H groups in total. The molecule has 0 amide bonds. The van der Waals surface area contributed by atoms with Crippen LogP contribution in [0.3, 0.4) is 0 Å². The maximum atomic E-state index is 14.2. The molecule has 134 valence electrons. The summed E-state index contributed by atoms with van der Waals surface area (Å²) in [5.74, 6) is -6.20. The van der Waals surface area contributed by atoms with E-state index >= 15 is 0 Å². The van der Waals surface area contributed by atoms with E-state index in [2.05, 4.69) is 0 Å². The average Bonchev–Trinajstić information content (AvgIpc) is 2.57. The third-order valence-corrected chi connectivity index (χ3v) is 3.97. The van der Waals surface area contributed by atoms with Gasteiger partial charge >= 0.3 is 5.97 Å². The molecule has 1 aliphatic carbocycles. The van der Waals surface area contributed by atoms with E-state index in [1.54, 1.807) is 12.1 Å². The summed E-state index contributed by atoms with van der Waals surface area (Å²) in [4.78, 5) is 10.7. The zero-order chi connectivity index (χ0) is 18.7. The number of alkyl halides is 2. The zero-order valence-corrected chi connectivity index (χ0v) is 13.5. The number of hydrogen-bond acceptors (Lipinski definition) is 2. The van der Waals surface area contributed by atoms with E-state index in [4.69, 9.17) is 9.84 Å². The zero-order valence-electron chi connectivity index (χ0n) is 13.5. The number of carboxylic acid groups (broad SMARTS) is 1. The Labute approximate surface area is 148 Å². The van der Waals surface area contributed by atoms with Crippen molar-refractivity contribution in [2.45, 2.75) is 18.3 Å². The third kappa shape index (κ3) is 3.79. The molecule has 1 aliphatic rings. The molecule has 0 heterocycles. The van der Waals surface area contributed by atoms with Crippen molar-refractivity contribution in [1.82, 2.24) is 0 Å². The van der Waals surface area contributed by atoms with Gasteiger partial charge in [-0.3, -0.25) is 4.79 Å². The van der Waals surface area contributed by atoms with E-state index in [-0.39, 0.29) is 29.0 Å². The second-order valence-corrected chi connectivity index (χ2v) is 5.87. The lowest BCUT2D eigenvalue weighted by molar-refractivity contribution is -0.136. The molecule has 1 atom stereocenters. The fourth-order valence-corrected chi connectivity index (χ4v) is 2.76. The highest BCUT2D eigenvalue weighted by atomic mass is 19.3. The Morgan fingerprint density at radius 1 is 1.12 bits per heavy atom. The van der Waals surface area contributed by atoms with Crippen molar-refractivity contribution in [1.29, 1.82) is 0 Å². The van der Waals surface area contributed by atoms with Gasteiger partial charge in [0, 0.05) is 5.56 Å². The van der Waals surface area contributed by atoms with Gasteiger partial charge in [0.1, 0.15) is 5.75 Å². The Hall–Kier alpha value is -3.02. The first-order valence-corrected chi connectivity index (χ1v) is 7.87. The maximum Gasteiger partial charge on any atom is 0.307 e. The predicted molar refractivity (Wildman–Crippen MR) is 90.2 cm³/mol. The summed E-state index contributed by atoms with van der Waals surface area (Å²) < 4.78 is 48.2. The van der Waals surface area contributed by atoms with Gasteiger partial charge in [-0.15, -0.1) is 0 Å². The van der Waals surface area contributed by atoms with Gasteiger partial charge in [-0.05, 0) is 29.8 Å². The molecule has 0 radical (unpaired) electrons. The second-order valence-electron chi connectivity index (χ2n) is 5.87. The van der Waals surface area contributed by atoms with Gasteiger partial charge in [-0.1, -0.05) is 42.5 Å². The van der Waals surface area contributed by atoms with Crippen LogP contribution in [0, 0.1) is 5.82 Å². The number of carboxylic acids is 1. The normalized spacial score (nSPS) is 17.9. The monoisotopic (exact) mass is 360 g/mol. The fraction of sp³-hybridized carbons (Fsp3) is 0.150. The topological polar surface area (TPSA) is 46.5 Å². The van der Waals surface area contributed by atoms with E-state index < -0.39 is 23.6 Å². The largest absolute Gasteiger partial charge is 0.481 e. The lowest BCUT2D eigenvalue weighted by Gasteiger charge is -2.25. The van der Waals surface area contributed by atoms with Gasteiger partial charge in [-0.2, -0.15) is 0 Å². The van der Waals surface area contributed by atoms with Crippen LogP contribution in [0.4, 0.5) is 13.2 Å². The number of para-hydroxylation sites is 1. The first-order chi connectivity index (χ1) is 12.4. The van der Waals surface area contributed by atoms with E-state index in [0.717, 1.165) is 12.1 Å². The number of benzene rings is 2. The van der Waals surface area contributed by atoms with Crippen molar-refractivity contribution in [3.05, 3.63) is 83.7 Å². The quantitative estimate of drug-likeness (QED) is 0.808. The molecular formula is C20H15F3O3. The Balaban J connectivity index is 1.91. The summed E-state index contributed by atoms with van der Waals surface area (Å²) in [6, 6.07) is 9.99. The van der Waals surface area contributed by atoms with E-state index in [9.17, 15) is 18.0 Å². The first-order valence-electron chi connectivity index (χ1n) is 7.87. The summed E-state index contributed by atoms with van der Waals surface area (Å²) in [5.41, 5.74) is 0.509. The Morgan fingerprint density at radius 3 is 2.58 bits per heavy atom. The summed E-state index contributed by atoms with van der Waals surface area (Å²) in [6.07, 6.45) is 4.67. The lowest BCUT2D eigenvalue weighted by Crippen LogP contribution is -2.24. The number of rotatable bonds is 5. The fourth-order valence-electron chi connectivity index (χ4n) is 2.76. The molecule has 0 aliphatic heterocycles. The summed E-state index contributed by atoms with van der Waals surface area (Å²) >= 11 is 0. The standard InChI is InChI=1S/C20H15F3O3/c21-16-11-13(12-19(24)25)8-9-18(16)26-17-7-2-1-5-14(17)15-6-3-4-10-20(15,22)23/h1-11,15H,12H2,(H,24,25). The highest BCUT2D eigenvalue weighted by molar-refractivity contribution is 5.70. The summed E-state index contributed by atoms with van der Waals surface area (Å²) in [7, 11) is 0. The van der Waals surface area contributed by atoms with Crippen molar-refractivity contribution < 1.29 is 27.8 Å². The van der Waals surface area contributed by atoms with Crippen molar-refractivity contribution in [2.75, 3.05) is 0 Å². The summed E-state index contributed by atoms with van der Waals surface area (Å²) in [6.45, 7) is 0. The molecule has 2 aromatic carbocycles.